The third-order valence-electron chi connectivity index (χ3n) is 3.66. The van der Waals surface area contributed by atoms with Crippen molar-refractivity contribution in [3.63, 3.8) is 0 Å². The molecule has 0 amide bonds. The van der Waals surface area contributed by atoms with Gasteiger partial charge >= 0.3 is 5.97 Å². The van der Waals surface area contributed by atoms with Crippen molar-refractivity contribution in [1.82, 2.24) is 0 Å². The summed E-state index contributed by atoms with van der Waals surface area (Å²) in [5.41, 5.74) is 0. The third kappa shape index (κ3) is 15.3. The van der Waals surface area contributed by atoms with Gasteiger partial charge in [0, 0.05) is 6.42 Å². The second-order valence-electron chi connectivity index (χ2n) is 5.76. The summed E-state index contributed by atoms with van der Waals surface area (Å²) in [7, 11) is 1.42. The van der Waals surface area contributed by atoms with E-state index < -0.39 is 0 Å². The standard InChI is InChI=1S/C19H34O3/c1-3-4-5-6-7-8-9-12-15-18(20)16-13-10-11-14-17-19(21)22-2/h8-9,12,15,18,20H,3-7,10-11,13-14,16-17H2,1-2H3/b9-8+,15-12+. The number of esters is 1. The Hall–Kier alpha value is -1.09. The average molecular weight is 310 g/mol. The summed E-state index contributed by atoms with van der Waals surface area (Å²) in [4.78, 5) is 10.9. The largest absolute Gasteiger partial charge is 0.469 e. The lowest BCUT2D eigenvalue weighted by atomic mass is 10.1. The fourth-order valence-electron chi connectivity index (χ4n) is 2.23. The monoisotopic (exact) mass is 310 g/mol. The Kier molecular flexibility index (Phi) is 15.5. The molecule has 3 heteroatoms. The predicted octanol–water partition coefficient (Wildman–Crippen LogP) is 4.94. The maximum atomic E-state index is 10.9. The van der Waals surface area contributed by atoms with E-state index in [4.69, 9.17) is 0 Å². The topological polar surface area (TPSA) is 46.5 Å². The lowest BCUT2D eigenvalue weighted by molar-refractivity contribution is -0.140. The summed E-state index contributed by atoms with van der Waals surface area (Å²) in [6.07, 6.45) is 19.2. The van der Waals surface area contributed by atoms with Gasteiger partial charge in [-0.25, -0.2) is 0 Å². The Bertz CT molecular complexity index is 308. The van der Waals surface area contributed by atoms with E-state index in [0.29, 0.717) is 6.42 Å². The zero-order valence-corrected chi connectivity index (χ0v) is 14.4. The van der Waals surface area contributed by atoms with Gasteiger partial charge in [0.25, 0.3) is 0 Å². The smallest absolute Gasteiger partial charge is 0.305 e. The van der Waals surface area contributed by atoms with Gasteiger partial charge in [0.15, 0.2) is 0 Å². The minimum atomic E-state index is -0.356. The molecule has 1 unspecified atom stereocenters. The molecule has 0 aliphatic rings. The Balaban J connectivity index is 3.44. The van der Waals surface area contributed by atoms with E-state index in [1.807, 2.05) is 18.2 Å². The van der Waals surface area contributed by atoms with Gasteiger partial charge in [0.2, 0.25) is 0 Å². The van der Waals surface area contributed by atoms with Crippen LogP contribution in [0.5, 0.6) is 0 Å². The molecule has 128 valence electrons. The van der Waals surface area contributed by atoms with Crippen LogP contribution in [0.25, 0.3) is 0 Å². The molecule has 0 aromatic heterocycles. The van der Waals surface area contributed by atoms with E-state index in [1.165, 1.54) is 32.8 Å². The first-order valence-electron chi connectivity index (χ1n) is 8.79. The Morgan fingerprint density at radius 1 is 1.05 bits per heavy atom. The van der Waals surface area contributed by atoms with E-state index in [1.54, 1.807) is 0 Å². The molecule has 0 saturated heterocycles. The number of aliphatic hydroxyl groups is 1. The van der Waals surface area contributed by atoms with Crippen molar-refractivity contribution in [2.75, 3.05) is 7.11 Å². The average Bonchev–Trinajstić information content (AvgIpc) is 2.52. The lowest BCUT2D eigenvalue weighted by Gasteiger charge is -2.04. The number of carbonyl (C=O) groups is 1. The molecule has 0 spiro atoms. The van der Waals surface area contributed by atoms with Crippen LogP contribution in [0.4, 0.5) is 0 Å². The highest BCUT2D eigenvalue weighted by molar-refractivity contribution is 5.68. The minimum Gasteiger partial charge on any atom is -0.469 e. The van der Waals surface area contributed by atoms with Crippen LogP contribution < -0.4 is 0 Å². The SMILES string of the molecule is CCCCCC/C=C/C=C/C(O)CCCCCCC(=O)OC. The quantitative estimate of drug-likeness (QED) is 0.281. The van der Waals surface area contributed by atoms with Crippen molar-refractivity contribution in [2.45, 2.75) is 83.7 Å². The zero-order valence-electron chi connectivity index (χ0n) is 14.4. The normalized spacial score (nSPS) is 13.0. The summed E-state index contributed by atoms with van der Waals surface area (Å²) >= 11 is 0. The van der Waals surface area contributed by atoms with Crippen LogP contribution in [0.3, 0.4) is 0 Å². The molecule has 0 bridgehead atoms. The van der Waals surface area contributed by atoms with Crippen molar-refractivity contribution >= 4 is 5.97 Å². The molecular weight excluding hydrogens is 276 g/mol. The van der Waals surface area contributed by atoms with E-state index in [2.05, 4.69) is 17.7 Å². The number of aliphatic hydroxyl groups excluding tert-OH is 1. The maximum absolute atomic E-state index is 10.9. The molecule has 0 fully saturated rings. The number of ether oxygens (including phenoxy) is 1. The summed E-state index contributed by atoms with van der Waals surface area (Å²) in [6.45, 7) is 2.22. The molecule has 0 heterocycles. The third-order valence-corrected chi connectivity index (χ3v) is 3.66. The number of carbonyl (C=O) groups excluding carboxylic acids is 1. The molecule has 1 atom stereocenters. The second-order valence-corrected chi connectivity index (χ2v) is 5.76. The molecule has 1 N–H and O–H groups in total. The van der Waals surface area contributed by atoms with Crippen molar-refractivity contribution in [3.8, 4) is 0 Å². The molecule has 0 aliphatic carbocycles. The molecular formula is C19H34O3. The van der Waals surface area contributed by atoms with Crippen molar-refractivity contribution in [2.24, 2.45) is 0 Å². The molecule has 0 aromatic rings. The Morgan fingerprint density at radius 3 is 2.50 bits per heavy atom. The van der Waals surface area contributed by atoms with Crippen LogP contribution in [0.2, 0.25) is 0 Å². The summed E-state index contributed by atoms with van der Waals surface area (Å²) < 4.78 is 4.59. The lowest BCUT2D eigenvalue weighted by Crippen LogP contribution is -2.02. The van der Waals surface area contributed by atoms with Crippen LogP contribution in [0.15, 0.2) is 24.3 Å². The number of unbranched alkanes of at least 4 members (excludes halogenated alkanes) is 7. The van der Waals surface area contributed by atoms with Crippen molar-refractivity contribution in [3.05, 3.63) is 24.3 Å². The van der Waals surface area contributed by atoms with Gasteiger partial charge in [-0.15, -0.1) is 0 Å². The summed E-state index contributed by atoms with van der Waals surface area (Å²) in [5.74, 6) is -0.135. The molecule has 0 radical (unpaired) electrons. The summed E-state index contributed by atoms with van der Waals surface area (Å²) in [6, 6.07) is 0. The zero-order chi connectivity index (χ0) is 16.5. The predicted molar refractivity (Wildman–Crippen MR) is 92.8 cm³/mol. The van der Waals surface area contributed by atoms with Gasteiger partial charge in [-0.05, 0) is 25.7 Å². The van der Waals surface area contributed by atoms with Crippen LogP contribution >= 0.6 is 0 Å². The van der Waals surface area contributed by atoms with Crippen molar-refractivity contribution in [1.29, 1.82) is 0 Å². The molecule has 22 heavy (non-hydrogen) atoms. The van der Waals surface area contributed by atoms with Crippen LogP contribution in [-0.4, -0.2) is 24.3 Å². The number of allylic oxidation sites excluding steroid dienone is 3. The van der Waals surface area contributed by atoms with Crippen LogP contribution in [-0.2, 0) is 9.53 Å². The maximum Gasteiger partial charge on any atom is 0.305 e. The van der Waals surface area contributed by atoms with Gasteiger partial charge < -0.3 is 9.84 Å². The van der Waals surface area contributed by atoms with E-state index >= 15 is 0 Å². The van der Waals surface area contributed by atoms with Crippen molar-refractivity contribution < 1.29 is 14.6 Å². The first-order valence-corrected chi connectivity index (χ1v) is 8.79. The Morgan fingerprint density at radius 2 is 1.77 bits per heavy atom. The number of methoxy groups -OCH3 is 1. The van der Waals surface area contributed by atoms with E-state index in [9.17, 15) is 9.90 Å². The highest BCUT2D eigenvalue weighted by atomic mass is 16.5. The van der Waals surface area contributed by atoms with Gasteiger partial charge in [-0.3, -0.25) is 4.79 Å². The highest BCUT2D eigenvalue weighted by Crippen LogP contribution is 2.09. The highest BCUT2D eigenvalue weighted by Gasteiger charge is 2.01. The van der Waals surface area contributed by atoms with Crippen LogP contribution in [0, 0.1) is 0 Å². The van der Waals surface area contributed by atoms with E-state index in [-0.39, 0.29) is 12.1 Å². The molecule has 0 rings (SSSR count). The van der Waals surface area contributed by atoms with Crippen LogP contribution in [0.1, 0.15) is 77.6 Å². The minimum absolute atomic E-state index is 0.135. The molecule has 0 saturated carbocycles. The Labute approximate surface area is 136 Å². The van der Waals surface area contributed by atoms with Gasteiger partial charge in [-0.2, -0.15) is 0 Å². The first kappa shape index (κ1) is 20.9. The van der Waals surface area contributed by atoms with Gasteiger partial charge in [-0.1, -0.05) is 69.8 Å². The molecule has 0 aromatic carbocycles. The second kappa shape index (κ2) is 16.3. The van der Waals surface area contributed by atoms with Gasteiger partial charge in [0.05, 0.1) is 13.2 Å². The fraction of sp³-hybridized carbons (Fsp3) is 0.737. The van der Waals surface area contributed by atoms with E-state index in [0.717, 1.165) is 38.5 Å². The number of hydrogen-bond donors (Lipinski definition) is 1. The molecule has 0 aliphatic heterocycles. The first-order chi connectivity index (χ1) is 10.7. The fourth-order valence-corrected chi connectivity index (χ4v) is 2.23. The number of rotatable bonds is 14. The summed E-state index contributed by atoms with van der Waals surface area (Å²) in [5, 5.41) is 9.81. The van der Waals surface area contributed by atoms with Gasteiger partial charge in [0.1, 0.15) is 0 Å². The number of hydrogen-bond acceptors (Lipinski definition) is 3. The molecule has 3 nitrogen and oxygen atoms in total.